The molecule has 0 radical (unpaired) electrons. The number of hydrogen-bond donors (Lipinski definition) is 0. The molecule has 0 fully saturated rings. The summed E-state index contributed by atoms with van der Waals surface area (Å²) in [6, 6.07) is 14.7. The van der Waals surface area contributed by atoms with E-state index in [1.54, 1.807) is 11.3 Å². The predicted molar refractivity (Wildman–Crippen MR) is 110 cm³/mol. The number of halogens is 4. The molecule has 2 heterocycles. The summed E-state index contributed by atoms with van der Waals surface area (Å²) in [5.74, 6) is 0.664. The van der Waals surface area contributed by atoms with E-state index in [1.165, 1.54) is 12.1 Å². The summed E-state index contributed by atoms with van der Waals surface area (Å²) in [7, 11) is 0. The van der Waals surface area contributed by atoms with E-state index in [0.717, 1.165) is 46.1 Å². The van der Waals surface area contributed by atoms with E-state index in [-0.39, 0.29) is 12.6 Å². The normalized spacial score (nSPS) is 16.7. The molecule has 29 heavy (non-hydrogen) atoms. The first kappa shape index (κ1) is 20.0. The van der Waals surface area contributed by atoms with Crippen LogP contribution in [-0.4, -0.2) is 5.71 Å². The lowest BCUT2D eigenvalue weighted by molar-refractivity contribution is -0.137. The van der Waals surface area contributed by atoms with E-state index in [2.05, 4.69) is 0 Å². The van der Waals surface area contributed by atoms with Crippen LogP contribution in [0.3, 0.4) is 0 Å². The van der Waals surface area contributed by atoms with Gasteiger partial charge in [-0.2, -0.15) is 13.2 Å². The van der Waals surface area contributed by atoms with Gasteiger partial charge in [0.15, 0.2) is 0 Å². The third-order valence-electron chi connectivity index (χ3n) is 4.80. The zero-order chi connectivity index (χ0) is 20.4. The monoisotopic (exact) mass is 435 g/mol. The Hall–Kier alpha value is -2.31. The molecule has 1 unspecified atom stereocenters. The molecule has 150 valence electrons. The number of thiophene rings is 1. The van der Waals surface area contributed by atoms with Gasteiger partial charge >= 0.3 is 6.18 Å². The first-order valence-electron chi connectivity index (χ1n) is 9.09. The lowest BCUT2D eigenvalue weighted by Crippen LogP contribution is -2.05. The average Bonchev–Trinajstić information content (AvgIpc) is 3.35. The lowest BCUT2D eigenvalue weighted by atomic mass is 10.0. The number of hydrogen-bond acceptors (Lipinski definition) is 3. The van der Waals surface area contributed by atoms with Crippen molar-refractivity contribution in [1.29, 1.82) is 0 Å². The van der Waals surface area contributed by atoms with Gasteiger partial charge in [0, 0.05) is 0 Å². The number of rotatable bonds is 5. The van der Waals surface area contributed by atoms with Crippen molar-refractivity contribution in [3.05, 3.63) is 86.6 Å². The van der Waals surface area contributed by atoms with Gasteiger partial charge in [0.25, 0.3) is 0 Å². The van der Waals surface area contributed by atoms with Crippen LogP contribution in [0.2, 0.25) is 5.02 Å². The molecule has 2 nitrogen and oxygen atoms in total. The highest BCUT2D eigenvalue weighted by molar-refractivity contribution is 7.12. The zero-order valence-electron chi connectivity index (χ0n) is 15.2. The van der Waals surface area contributed by atoms with Gasteiger partial charge in [-0.15, -0.1) is 11.3 Å². The minimum atomic E-state index is -4.33. The van der Waals surface area contributed by atoms with E-state index in [9.17, 15) is 13.2 Å². The molecule has 0 aliphatic carbocycles. The summed E-state index contributed by atoms with van der Waals surface area (Å²) >= 11 is 7.82. The third-order valence-corrected chi connectivity index (χ3v) is 6.19. The summed E-state index contributed by atoms with van der Waals surface area (Å²) in [6.07, 6.45) is -2.49. The molecule has 1 atom stereocenters. The number of aliphatic imine (C=N–C) groups is 1. The Morgan fingerprint density at radius 3 is 2.38 bits per heavy atom. The highest BCUT2D eigenvalue weighted by Gasteiger charge is 2.29. The van der Waals surface area contributed by atoms with Crippen LogP contribution in [0.25, 0.3) is 0 Å². The van der Waals surface area contributed by atoms with E-state index < -0.39 is 11.7 Å². The Kier molecular flexibility index (Phi) is 5.65. The van der Waals surface area contributed by atoms with E-state index >= 15 is 0 Å². The van der Waals surface area contributed by atoms with Crippen LogP contribution < -0.4 is 4.74 Å². The molecular formula is C22H17ClF3NOS. The molecule has 7 heteroatoms. The highest BCUT2D eigenvalue weighted by Crippen LogP contribution is 2.35. The van der Waals surface area contributed by atoms with Crippen LogP contribution in [0.1, 0.15) is 40.5 Å². The molecule has 4 rings (SSSR count). The molecule has 2 aromatic carbocycles. The summed E-state index contributed by atoms with van der Waals surface area (Å²) in [5.41, 5.74) is 2.18. The fourth-order valence-corrected chi connectivity index (χ4v) is 4.44. The second kappa shape index (κ2) is 8.20. The molecule has 0 saturated carbocycles. The topological polar surface area (TPSA) is 21.6 Å². The highest BCUT2D eigenvalue weighted by atomic mass is 35.5. The zero-order valence-corrected chi connectivity index (χ0v) is 16.8. The van der Waals surface area contributed by atoms with Crippen molar-refractivity contribution in [2.75, 3.05) is 0 Å². The first-order valence-corrected chi connectivity index (χ1v) is 10.3. The predicted octanol–water partition coefficient (Wildman–Crippen LogP) is 7.32. The smallest absolute Gasteiger partial charge is 0.416 e. The summed E-state index contributed by atoms with van der Waals surface area (Å²) in [6.45, 7) is 0.208. The maximum absolute atomic E-state index is 12.6. The van der Waals surface area contributed by atoms with Crippen LogP contribution >= 0.6 is 22.9 Å². The Morgan fingerprint density at radius 1 is 1.03 bits per heavy atom. The molecule has 0 N–H and O–H groups in total. The molecule has 1 aliphatic heterocycles. The fourth-order valence-electron chi connectivity index (χ4n) is 3.25. The van der Waals surface area contributed by atoms with Gasteiger partial charge in [-0.05, 0) is 59.7 Å². The van der Waals surface area contributed by atoms with Gasteiger partial charge in [0.1, 0.15) is 12.4 Å². The molecule has 1 aliphatic rings. The van der Waals surface area contributed by atoms with Crippen molar-refractivity contribution < 1.29 is 17.9 Å². The Labute approximate surface area is 175 Å². The number of nitrogens with zero attached hydrogens (tertiary/aromatic N) is 1. The van der Waals surface area contributed by atoms with Crippen molar-refractivity contribution >= 4 is 28.6 Å². The van der Waals surface area contributed by atoms with Crippen LogP contribution in [0.5, 0.6) is 5.75 Å². The van der Waals surface area contributed by atoms with Crippen molar-refractivity contribution in [2.24, 2.45) is 4.99 Å². The van der Waals surface area contributed by atoms with Crippen LogP contribution in [-0.2, 0) is 12.8 Å². The number of alkyl halides is 3. The molecule has 0 saturated heterocycles. The molecule has 3 aromatic rings. The van der Waals surface area contributed by atoms with Crippen LogP contribution in [0, 0.1) is 0 Å². The van der Waals surface area contributed by atoms with Gasteiger partial charge in [-0.25, -0.2) is 0 Å². The standard InChI is InChI=1S/C22H17ClF3NOS/c23-18-11-12-29-21(18)20-10-9-19(27-20)15-3-7-17(8-4-15)28-13-14-1-5-16(6-2-14)22(24,25)26/h1-8,11-12,19H,9-10,13H2. The average molecular weight is 436 g/mol. The van der Waals surface area contributed by atoms with Gasteiger partial charge in [-0.3, -0.25) is 4.99 Å². The second-order valence-corrected chi connectivity index (χ2v) is 8.10. The quantitative estimate of drug-likeness (QED) is 0.411. The van der Waals surface area contributed by atoms with Crippen molar-refractivity contribution in [3.63, 3.8) is 0 Å². The maximum Gasteiger partial charge on any atom is 0.416 e. The largest absolute Gasteiger partial charge is 0.489 e. The Bertz CT molecular complexity index is 1010. The number of ether oxygens (including phenoxy) is 1. The van der Waals surface area contributed by atoms with E-state index in [1.807, 2.05) is 35.7 Å². The first-order chi connectivity index (χ1) is 13.9. The number of benzene rings is 2. The second-order valence-electron chi connectivity index (χ2n) is 6.78. The van der Waals surface area contributed by atoms with Gasteiger partial charge < -0.3 is 4.74 Å². The molecule has 1 aromatic heterocycles. The summed E-state index contributed by atoms with van der Waals surface area (Å²) in [5, 5.41) is 2.72. The maximum atomic E-state index is 12.6. The van der Waals surface area contributed by atoms with Gasteiger partial charge in [0.2, 0.25) is 0 Å². The summed E-state index contributed by atoms with van der Waals surface area (Å²) in [4.78, 5) is 5.87. The molecular weight excluding hydrogens is 419 g/mol. The molecule has 0 bridgehead atoms. The minimum absolute atomic E-state index is 0.104. The Morgan fingerprint density at radius 2 is 1.76 bits per heavy atom. The van der Waals surface area contributed by atoms with E-state index in [4.69, 9.17) is 21.3 Å². The Balaban J connectivity index is 1.37. The van der Waals surface area contributed by atoms with Crippen LogP contribution in [0.15, 0.2) is 65.0 Å². The van der Waals surface area contributed by atoms with Gasteiger partial charge in [0.05, 0.1) is 27.2 Å². The minimum Gasteiger partial charge on any atom is -0.489 e. The summed E-state index contributed by atoms with van der Waals surface area (Å²) < 4.78 is 43.5. The molecule has 0 spiro atoms. The fraction of sp³-hybridized carbons (Fsp3) is 0.227. The van der Waals surface area contributed by atoms with Crippen molar-refractivity contribution in [1.82, 2.24) is 0 Å². The van der Waals surface area contributed by atoms with Gasteiger partial charge in [-0.1, -0.05) is 35.9 Å². The molecule has 0 amide bonds. The third kappa shape index (κ3) is 4.65. The van der Waals surface area contributed by atoms with E-state index in [0.29, 0.717) is 11.3 Å². The lowest BCUT2D eigenvalue weighted by Gasteiger charge is -2.11. The SMILES string of the molecule is FC(F)(F)c1ccc(COc2ccc(C3CCC(c4sccc4Cl)=N3)cc2)cc1. The van der Waals surface area contributed by atoms with Crippen LogP contribution in [0.4, 0.5) is 13.2 Å². The van der Waals surface area contributed by atoms with Crippen molar-refractivity contribution in [3.8, 4) is 5.75 Å². The van der Waals surface area contributed by atoms with Crippen molar-refractivity contribution in [2.45, 2.75) is 31.7 Å².